The molecule has 2 aromatic heterocycles. The van der Waals surface area contributed by atoms with Crippen molar-refractivity contribution in [2.75, 3.05) is 31.2 Å². The third-order valence-electron chi connectivity index (χ3n) is 4.21. The maximum Gasteiger partial charge on any atom is 0.141 e. The van der Waals surface area contributed by atoms with Gasteiger partial charge >= 0.3 is 0 Å². The van der Waals surface area contributed by atoms with Gasteiger partial charge in [-0.1, -0.05) is 18.2 Å². The highest BCUT2D eigenvalue weighted by molar-refractivity contribution is 7.17. The predicted molar refractivity (Wildman–Crippen MR) is 98.7 cm³/mol. The van der Waals surface area contributed by atoms with Crippen molar-refractivity contribution in [2.24, 2.45) is 0 Å². The van der Waals surface area contributed by atoms with Gasteiger partial charge in [-0.25, -0.2) is 9.97 Å². The maximum absolute atomic E-state index is 9.34. The molecule has 0 atom stereocenters. The highest BCUT2D eigenvalue weighted by Gasteiger charge is 2.17. The molecule has 6 heteroatoms. The van der Waals surface area contributed by atoms with E-state index in [2.05, 4.69) is 47.4 Å². The maximum atomic E-state index is 9.34. The third kappa shape index (κ3) is 3.13. The van der Waals surface area contributed by atoms with Gasteiger partial charge in [0.2, 0.25) is 0 Å². The largest absolute Gasteiger partial charge is 0.395 e. The van der Waals surface area contributed by atoms with Gasteiger partial charge in [0.25, 0.3) is 0 Å². The van der Waals surface area contributed by atoms with Gasteiger partial charge in [0, 0.05) is 24.0 Å². The van der Waals surface area contributed by atoms with Crippen LogP contribution in [0, 0.1) is 13.8 Å². The lowest BCUT2D eigenvalue weighted by Crippen LogP contribution is -2.30. The Morgan fingerprint density at radius 3 is 2.46 bits per heavy atom. The summed E-state index contributed by atoms with van der Waals surface area (Å²) in [5, 5.41) is 21.8. The average molecular weight is 343 g/mol. The number of aliphatic hydroxyl groups is 2. The van der Waals surface area contributed by atoms with Gasteiger partial charge in [-0.3, -0.25) is 0 Å². The predicted octanol–water partition coefficient (Wildman–Crippen LogP) is 2.77. The minimum absolute atomic E-state index is 0.00854. The molecule has 2 N–H and O–H groups in total. The topological polar surface area (TPSA) is 69.5 Å². The molecule has 0 fully saturated rings. The molecule has 0 unspecified atom stereocenters. The number of aryl methyl sites for hydroxylation is 2. The van der Waals surface area contributed by atoms with E-state index in [1.54, 1.807) is 17.7 Å². The average Bonchev–Trinajstić information content (AvgIpc) is 3.01. The highest BCUT2D eigenvalue weighted by atomic mass is 32.1. The van der Waals surface area contributed by atoms with Crippen molar-refractivity contribution in [1.29, 1.82) is 0 Å². The number of rotatable bonds is 6. The van der Waals surface area contributed by atoms with Gasteiger partial charge in [-0.15, -0.1) is 11.3 Å². The van der Waals surface area contributed by atoms with E-state index in [1.165, 1.54) is 11.1 Å². The van der Waals surface area contributed by atoms with Gasteiger partial charge in [0.1, 0.15) is 17.0 Å². The molecular formula is C18H21N3O2S. The summed E-state index contributed by atoms with van der Waals surface area (Å²) in [4.78, 5) is 11.6. The number of anilines is 1. The Bertz CT molecular complexity index is 841. The Kier molecular flexibility index (Phi) is 5.08. The van der Waals surface area contributed by atoms with E-state index in [4.69, 9.17) is 0 Å². The van der Waals surface area contributed by atoms with Crippen molar-refractivity contribution in [2.45, 2.75) is 13.8 Å². The summed E-state index contributed by atoms with van der Waals surface area (Å²) in [5.41, 5.74) is 4.73. The minimum Gasteiger partial charge on any atom is -0.395 e. The summed E-state index contributed by atoms with van der Waals surface area (Å²) in [6.07, 6.45) is 1.54. The third-order valence-corrected chi connectivity index (χ3v) is 5.09. The van der Waals surface area contributed by atoms with Crippen molar-refractivity contribution in [1.82, 2.24) is 9.97 Å². The second-order valence-electron chi connectivity index (χ2n) is 5.76. The molecule has 3 aromatic rings. The smallest absolute Gasteiger partial charge is 0.141 e. The van der Waals surface area contributed by atoms with Crippen LogP contribution in [-0.4, -0.2) is 46.5 Å². The lowest BCUT2D eigenvalue weighted by molar-refractivity contribution is 0.281. The Hall–Kier alpha value is -2.02. The van der Waals surface area contributed by atoms with Crippen LogP contribution in [0.4, 0.5) is 5.82 Å². The molecule has 0 aliphatic carbocycles. The summed E-state index contributed by atoms with van der Waals surface area (Å²) in [6, 6.07) is 6.41. The van der Waals surface area contributed by atoms with Crippen molar-refractivity contribution < 1.29 is 10.2 Å². The standard InChI is InChI=1S/C18H21N3O2S/c1-12-3-4-14(9-13(12)2)15-10-24-18-16(15)17(19-11-20-18)21(5-7-22)6-8-23/h3-4,9-11,22-23H,5-8H2,1-2H3. The molecule has 0 aliphatic heterocycles. The SMILES string of the molecule is Cc1ccc(-c2csc3ncnc(N(CCO)CCO)c23)cc1C. The van der Waals surface area contributed by atoms with Crippen LogP contribution >= 0.6 is 11.3 Å². The van der Waals surface area contributed by atoms with Gasteiger partial charge in [-0.2, -0.15) is 0 Å². The van der Waals surface area contributed by atoms with Gasteiger partial charge in [0.15, 0.2) is 0 Å². The number of hydrogen-bond acceptors (Lipinski definition) is 6. The lowest BCUT2D eigenvalue weighted by Gasteiger charge is -2.22. The van der Waals surface area contributed by atoms with Crippen molar-refractivity contribution in [3.8, 4) is 11.1 Å². The molecule has 0 amide bonds. The molecule has 0 saturated carbocycles. The Morgan fingerprint density at radius 1 is 1.04 bits per heavy atom. The normalized spacial score (nSPS) is 11.2. The molecule has 0 radical (unpaired) electrons. The van der Waals surface area contributed by atoms with E-state index in [0.29, 0.717) is 13.1 Å². The van der Waals surface area contributed by atoms with Crippen LogP contribution in [0.25, 0.3) is 21.3 Å². The summed E-state index contributed by atoms with van der Waals surface area (Å²) < 4.78 is 0. The molecule has 5 nitrogen and oxygen atoms in total. The van der Waals surface area contributed by atoms with E-state index < -0.39 is 0 Å². The van der Waals surface area contributed by atoms with Crippen molar-refractivity contribution in [3.63, 3.8) is 0 Å². The molecule has 24 heavy (non-hydrogen) atoms. The van der Waals surface area contributed by atoms with E-state index in [1.807, 2.05) is 4.90 Å². The molecule has 126 valence electrons. The zero-order valence-electron chi connectivity index (χ0n) is 13.9. The number of fused-ring (bicyclic) bond motifs is 1. The van der Waals surface area contributed by atoms with E-state index in [-0.39, 0.29) is 13.2 Å². The number of aromatic nitrogens is 2. The van der Waals surface area contributed by atoms with Crippen molar-refractivity contribution >= 4 is 27.4 Å². The fourth-order valence-electron chi connectivity index (χ4n) is 2.79. The Balaban J connectivity index is 2.17. The number of benzene rings is 1. The van der Waals surface area contributed by atoms with Gasteiger partial charge in [0.05, 0.1) is 18.6 Å². The van der Waals surface area contributed by atoms with Crippen LogP contribution in [0.15, 0.2) is 29.9 Å². The first-order valence-electron chi connectivity index (χ1n) is 7.92. The number of hydrogen-bond donors (Lipinski definition) is 2. The minimum atomic E-state index is 0.00854. The number of thiophene rings is 1. The second-order valence-corrected chi connectivity index (χ2v) is 6.62. The first-order chi connectivity index (χ1) is 11.7. The summed E-state index contributed by atoms with van der Waals surface area (Å²) in [5.74, 6) is 0.762. The molecular weight excluding hydrogens is 322 g/mol. The van der Waals surface area contributed by atoms with E-state index in [9.17, 15) is 10.2 Å². The summed E-state index contributed by atoms with van der Waals surface area (Å²) >= 11 is 1.58. The molecule has 3 rings (SSSR count). The highest BCUT2D eigenvalue weighted by Crippen LogP contribution is 2.38. The first-order valence-corrected chi connectivity index (χ1v) is 8.80. The molecule has 0 bridgehead atoms. The zero-order valence-corrected chi connectivity index (χ0v) is 14.7. The van der Waals surface area contributed by atoms with Crippen LogP contribution in [0.5, 0.6) is 0 Å². The number of nitrogens with zero attached hydrogens (tertiary/aromatic N) is 3. The van der Waals surface area contributed by atoms with Gasteiger partial charge < -0.3 is 15.1 Å². The molecule has 1 aromatic carbocycles. The van der Waals surface area contributed by atoms with Crippen LogP contribution in [0.3, 0.4) is 0 Å². The van der Waals surface area contributed by atoms with Crippen LogP contribution in [-0.2, 0) is 0 Å². The Morgan fingerprint density at radius 2 is 1.79 bits per heavy atom. The summed E-state index contributed by atoms with van der Waals surface area (Å²) in [6.45, 7) is 5.07. The van der Waals surface area contributed by atoms with Gasteiger partial charge in [-0.05, 0) is 30.5 Å². The molecule has 2 heterocycles. The molecule has 0 saturated heterocycles. The molecule has 0 aliphatic rings. The fourth-order valence-corrected chi connectivity index (χ4v) is 3.70. The summed E-state index contributed by atoms with van der Waals surface area (Å²) in [7, 11) is 0. The molecule has 0 spiro atoms. The zero-order chi connectivity index (χ0) is 17.1. The van der Waals surface area contributed by atoms with Crippen molar-refractivity contribution in [3.05, 3.63) is 41.0 Å². The monoisotopic (exact) mass is 343 g/mol. The fraction of sp³-hybridized carbons (Fsp3) is 0.333. The van der Waals surface area contributed by atoms with E-state index >= 15 is 0 Å². The first kappa shape index (κ1) is 16.8. The number of aliphatic hydroxyl groups excluding tert-OH is 2. The van der Waals surface area contributed by atoms with Crippen LogP contribution in [0.1, 0.15) is 11.1 Å². The lowest BCUT2D eigenvalue weighted by atomic mass is 10.0. The quantitative estimate of drug-likeness (QED) is 0.720. The second kappa shape index (κ2) is 7.25. The van der Waals surface area contributed by atoms with Crippen LogP contribution < -0.4 is 4.90 Å². The Labute approximate surface area is 145 Å². The van der Waals surface area contributed by atoms with Crippen LogP contribution in [0.2, 0.25) is 0 Å². The van der Waals surface area contributed by atoms with E-state index in [0.717, 1.165) is 27.2 Å².